The van der Waals surface area contributed by atoms with Gasteiger partial charge in [0.05, 0.1) is 18.6 Å². The van der Waals surface area contributed by atoms with Crippen molar-refractivity contribution in [1.29, 1.82) is 0 Å². The lowest BCUT2D eigenvalue weighted by Gasteiger charge is -2.16. The van der Waals surface area contributed by atoms with Crippen molar-refractivity contribution in [3.63, 3.8) is 0 Å². The number of rotatable bonds is 6. The molecule has 0 aliphatic heterocycles. The molecule has 0 fully saturated rings. The van der Waals surface area contributed by atoms with Crippen LogP contribution in [0.25, 0.3) is 0 Å². The highest BCUT2D eigenvalue weighted by molar-refractivity contribution is 7.89. The van der Waals surface area contributed by atoms with E-state index in [1.807, 2.05) is 4.72 Å². The van der Waals surface area contributed by atoms with Crippen molar-refractivity contribution >= 4 is 16.0 Å². The number of carboxylic acid groups (broad SMARTS) is 1. The Kier molecular flexibility index (Phi) is 5.09. The molecule has 20 heavy (non-hydrogen) atoms. The van der Waals surface area contributed by atoms with Crippen molar-refractivity contribution in [2.75, 3.05) is 13.7 Å². The molecule has 0 bridgehead atoms. The molecule has 3 N–H and O–H groups in total. The first kappa shape index (κ1) is 16.4. The van der Waals surface area contributed by atoms with Gasteiger partial charge in [-0.3, -0.25) is 4.79 Å². The molecule has 1 aromatic rings. The first-order chi connectivity index (χ1) is 9.22. The van der Waals surface area contributed by atoms with Gasteiger partial charge in [-0.25, -0.2) is 8.42 Å². The summed E-state index contributed by atoms with van der Waals surface area (Å²) in [7, 11) is -2.58. The van der Waals surface area contributed by atoms with E-state index in [0.717, 1.165) is 0 Å². The maximum Gasteiger partial charge on any atom is 0.324 e. The summed E-state index contributed by atoms with van der Waals surface area (Å²) in [6.45, 7) is 2.33. The highest BCUT2D eigenvalue weighted by Crippen LogP contribution is 2.25. The molecule has 8 heteroatoms. The first-order valence-corrected chi connectivity index (χ1v) is 7.22. The Morgan fingerprint density at radius 1 is 1.35 bits per heavy atom. The van der Waals surface area contributed by atoms with Crippen LogP contribution in [-0.2, 0) is 14.8 Å². The Balaban J connectivity index is 3.26. The normalized spacial score (nSPS) is 13.0. The summed E-state index contributed by atoms with van der Waals surface area (Å²) < 4.78 is 31.4. The second-order valence-corrected chi connectivity index (χ2v) is 5.94. The van der Waals surface area contributed by atoms with Crippen molar-refractivity contribution in [3.05, 3.63) is 23.3 Å². The SMILES string of the molecule is COc1cc(C)c(S(=O)(=O)NC(CO)C(=O)O)c(C)c1. The van der Waals surface area contributed by atoms with Crippen LogP contribution in [0.15, 0.2) is 17.0 Å². The number of nitrogens with one attached hydrogen (secondary N) is 1. The molecule has 1 aromatic carbocycles. The van der Waals surface area contributed by atoms with Crippen LogP contribution in [0.1, 0.15) is 11.1 Å². The van der Waals surface area contributed by atoms with E-state index in [9.17, 15) is 13.2 Å². The fourth-order valence-corrected chi connectivity index (χ4v) is 3.50. The molecular formula is C12H17NO6S. The smallest absolute Gasteiger partial charge is 0.324 e. The molecule has 1 atom stereocenters. The van der Waals surface area contributed by atoms with Gasteiger partial charge in [0.2, 0.25) is 10.0 Å². The van der Waals surface area contributed by atoms with Crippen LogP contribution in [0.3, 0.4) is 0 Å². The number of hydrogen-bond donors (Lipinski definition) is 3. The van der Waals surface area contributed by atoms with Crippen molar-refractivity contribution in [1.82, 2.24) is 4.72 Å². The largest absolute Gasteiger partial charge is 0.497 e. The van der Waals surface area contributed by atoms with E-state index in [-0.39, 0.29) is 4.90 Å². The summed E-state index contributed by atoms with van der Waals surface area (Å²) >= 11 is 0. The predicted octanol–water partition coefficient (Wildman–Crippen LogP) is 0.0358. The number of aryl methyl sites for hydroxylation is 2. The van der Waals surface area contributed by atoms with Gasteiger partial charge in [0.15, 0.2) is 0 Å². The minimum Gasteiger partial charge on any atom is -0.497 e. The van der Waals surface area contributed by atoms with Crippen molar-refractivity contribution in [2.24, 2.45) is 0 Å². The Hall–Kier alpha value is -1.64. The monoisotopic (exact) mass is 303 g/mol. The topological polar surface area (TPSA) is 113 Å². The molecule has 0 amide bonds. The van der Waals surface area contributed by atoms with Crippen molar-refractivity contribution in [3.8, 4) is 5.75 Å². The molecule has 1 unspecified atom stereocenters. The Morgan fingerprint density at radius 2 is 1.85 bits per heavy atom. The molecule has 0 aliphatic carbocycles. The van der Waals surface area contributed by atoms with Gasteiger partial charge in [0.25, 0.3) is 0 Å². The van der Waals surface area contributed by atoms with Gasteiger partial charge in [-0.15, -0.1) is 0 Å². The van der Waals surface area contributed by atoms with Crippen molar-refractivity contribution < 1.29 is 28.2 Å². The Bertz CT molecular complexity index is 587. The van der Waals surface area contributed by atoms with Crippen LogP contribution in [0.2, 0.25) is 0 Å². The third-order valence-corrected chi connectivity index (χ3v) is 4.49. The fourth-order valence-electron chi connectivity index (χ4n) is 1.86. The number of ether oxygens (including phenoxy) is 1. The van der Waals surface area contributed by atoms with E-state index in [1.165, 1.54) is 19.2 Å². The molecular weight excluding hydrogens is 286 g/mol. The molecule has 0 aliphatic rings. The number of benzene rings is 1. The summed E-state index contributed by atoms with van der Waals surface area (Å²) in [5.74, 6) is -0.934. The predicted molar refractivity (Wildman–Crippen MR) is 71.3 cm³/mol. The van der Waals surface area contributed by atoms with Crippen LogP contribution >= 0.6 is 0 Å². The summed E-state index contributed by atoms with van der Waals surface area (Å²) in [5, 5.41) is 17.7. The summed E-state index contributed by atoms with van der Waals surface area (Å²) in [4.78, 5) is 10.8. The lowest BCUT2D eigenvalue weighted by atomic mass is 10.1. The summed E-state index contributed by atoms with van der Waals surface area (Å²) in [6, 6.07) is 1.49. The van der Waals surface area contributed by atoms with Gasteiger partial charge >= 0.3 is 5.97 Å². The van der Waals surface area contributed by atoms with Crippen molar-refractivity contribution in [2.45, 2.75) is 24.8 Å². The van der Waals surface area contributed by atoms with E-state index >= 15 is 0 Å². The molecule has 1 rings (SSSR count). The van der Waals surface area contributed by atoms with Gasteiger partial charge < -0.3 is 14.9 Å². The number of aliphatic carboxylic acids is 1. The molecule has 0 saturated heterocycles. The third-order valence-electron chi connectivity index (χ3n) is 2.72. The summed E-state index contributed by atoms with van der Waals surface area (Å²) in [5.41, 5.74) is 0.854. The van der Waals surface area contributed by atoms with E-state index in [4.69, 9.17) is 14.9 Å². The van der Waals surface area contributed by atoms with Gasteiger partial charge in [-0.2, -0.15) is 4.72 Å². The second kappa shape index (κ2) is 6.21. The maximum absolute atomic E-state index is 12.2. The summed E-state index contributed by atoms with van der Waals surface area (Å²) in [6.07, 6.45) is 0. The molecule has 0 spiro atoms. The number of aliphatic hydroxyl groups is 1. The van der Waals surface area contributed by atoms with Crippen LogP contribution in [0, 0.1) is 13.8 Å². The second-order valence-electron chi connectivity index (χ2n) is 4.29. The van der Waals surface area contributed by atoms with E-state index in [1.54, 1.807) is 13.8 Å². The van der Waals surface area contributed by atoms with E-state index < -0.39 is 28.6 Å². The minimum atomic E-state index is -4.05. The highest BCUT2D eigenvalue weighted by atomic mass is 32.2. The Morgan fingerprint density at radius 3 is 2.20 bits per heavy atom. The minimum absolute atomic E-state index is 0.0157. The van der Waals surface area contributed by atoms with Crippen LogP contribution in [0.5, 0.6) is 5.75 Å². The zero-order chi connectivity index (χ0) is 15.5. The molecule has 7 nitrogen and oxygen atoms in total. The zero-order valence-electron chi connectivity index (χ0n) is 11.4. The van der Waals surface area contributed by atoms with E-state index in [0.29, 0.717) is 16.9 Å². The average Bonchev–Trinajstić information content (AvgIpc) is 2.34. The number of methoxy groups -OCH3 is 1. The standard InChI is InChI=1S/C12H17NO6S/c1-7-4-9(19-3)5-8(2)11(7)20(17,18)13-10(6-14)12(15)16/h4-5,10,13-14H,6H2,1-3H3,(H,15,16). The van der Waals surface area contributed by atoms with Gasteiger partial charge in [-0.05, 0) is 37.1 Å². The lowest BCUT2D eigenvalue weighted by molar-refractivity contribution is -0.139. The Labute approximate surface area is 117 Å². The first-order valence-electron chi connectivity index (χ1n) is 5.74. The fraction of sp³-hybridized carbons (Fsp3) is 0.417. The molecule has 0 aromatic heterocycles. The molecule has 0 saturated carbocycles. The maximum atomic E-state index is 12.2. The number of aliphatic hydroxyl groups excluding tert-OH is 1. The van der Waals surface area contributed by atoms with Crippen LogP contribution in [-0.4, -0.2) is 44.4 Å². The number of carbonyl (C=O) groups is 1. The number of sulfonamides is 1. The van der Waals surface area contributed by atoms with Crippen LogP contribution < -0.4 is 9.46 Å². The third kappa shape index (κ3) is 3.47. The quantitative estimate of drug-likeness (QED) is 0.683. The van der Waals surface area contributed by atoms with Gasteiger partial charge in [0, 0.05) is 0 Å². The van der Waals surface area contributed by atoms with Gasteiger partial charge in [0.1, 0.15) is 11.8 Å². The average molecular weight is 303 g/mol. The van der Waals surface area contributed by atoms with Crippen LogP contribution in [0.4, 0.5) is 0 Å². The van der Waals surface area contributed by atoms with Gasteiger partial charge in [-0.1, -0.05) is 0 Å². The zero-order valence-corrected chi connectivity index (χ0v) is 12.2. The molecule has 112 valence electrons. The molecule has 0 radical (unpaired) electrons. The highest BCUT2D eigenvalue weighted by Gasteiger charge is 2.27. The van der Waals surface area contributed by atoms with E-state index in [2.05, 4.69) is 0 Å². The molecule has 0 heterocycles. The lowest BCUT2D eigenvalue weighted by Crippen LogP contribution is -2.43. The number of carboxylic acids is 1. The number of hydrogen-bond acceptors (Lipinski definition) is 5.